The molecule has 0 saturated heterocycles. The second kappa shape index (κ2) is 8.07. The summed E-state index contributed by atoms with van der Waals surface area (Å²) in [5, 5.41) is 0. The smallest absolute Gasteiger partial charge is 0.222 e. The van der Waals surface area contributed by atoms with Crippen LogP contribution in [-0.4, -0.2) is 28.2 Å². The number of alkyl halides is 1. The van der Waals surface area contributed by atoms with Crippen molar-refractivity contribution in [2.45, 2.75) is 32.7 Å². The third-order valence-corrected chi connectivity index (χ3v) is 2.85. The molecule has 0 N–H and O–H groups in total. The van der Waals surface area contributed by atoms with Gasteiger partial charge in [-0.2, -0.15) is 0 Å². The summed E-state index contributed by atoms with van der Waals surface area (Å²) in [7, 11) is 0. The summed E-state index contributed by atoms with van der Waals surface area (Å²) in [4.78, 5) is 18.0. The van der Waals surface area contributed by atoms with Gasteiger partial charge in [0.1, 0.15) is 0 Å². The van der Waals surface area contributed by atoms with Crippen LogP contribution in [0.2, 0.25) is 0 Å². The Balaban J connectivity index is 2.45. The van der Waals surface area contributed by atoms with Crippen LogP contribution in [0.5, 0.6) is 0 Å². The van der Waals surface area contributed by atoms with E-state index in [4.69, 9.17) is 11.6 Å². The van der Waals surface area contributed by atoms with Crippen molar-refractivity contribution >= 4 is 17.5 Å². The third kappa shape index (κ3) is 5.18. The summed E-state index contributed by atoms with van der Waals surface area (Å²) >= 11 is 5.59. The average molecular weight is 255 g/mol. The number of hydrogen-bond donors (Lipinski definition) is 0. The number of nitrogens with zero attached hydrogens (tertiary/aromatic N) is 2. The lowest BCUT2D eigenvalue weighted by Gasteiger charge is -2.20. The van der Waals surface area contributed by atoms with Crippen molar-refractivity contribution in [2.75, 3.05) is 12.4 Å². The number of hydrogen-bond acceptors (Lipinski definition) is 2. The van der Waals surface area contributed by atoms with Gasteiger partial charge in [0.15, 0.2) is 0 Å². The molecular formula is C13H19ClN2O. The Morgan fingerprint density at radius 2 is 2.24 bits per heavy atom. The standard InChI is InChI=1S/C13H19ClN2O/c1-2-16(13(17)8-3-5-9-14)11-12-7-4-6-10-15-12/h4,6-7,10H,2-3,5,8-9,11H2,1H3. The molecule has 0 aliphatic carbocycles. The molecule has 1 aromatic rings. The van der Waals surface area contributed by atoms with Gasteiger partial charge in [0.2, 0.25) is 5.91 Å². The van der Waals surface area contributed by atoms with Crippen molar-refractivity contribution in [3.8, 4) is 0 Å². The summed E-state index contributed by atoms with van der Waals surface area (Å²) in [6.45, 7) is 3.30. The van der Waals surface area contributed by atoms with Gasteiger partial charge < -0.3 is 4.90 Å². The minimum atomic E-state index is 0.184. The molecule has 1 aromatic heterocycles. The molecule has 0 aliphatic heterocycles. The molecule has 4 heteroatoms. The predicted molar refractivity (Wildman–Crippen MR) is 69.9 cm³/mol. The number of pyridine rings is 1. The number of amides is 1. The molecule has 0 atom stereocenters. The molecule has 0 unspecified atom stereocenters. The highest BCUT2D eigenvalue weighted by molar-refractivity contribution is 6.17. The van der Waals surface area contributed by atoms with Crippen molar-refractivity contribution < 1.29 is 4.79 Å². The quantitative estimate of drug-likeness (QED) is 0.554. The number of rotatable bonds is 7. The van der Waals surface area contributed by atoms with Crippen LogP contribution in [0.25, 0.3) is 0 Å². The van der Waals surface area contributed by atoms with Crippen LogP contribution in [0.15, 0.2) is 24.4 Å². The second-order valence-electron chi connectivity index (χ2n) is 3.88. The Bertz CT molecular complexity index is 329. The van der Waals surface area contributed by atoms with Crippen LogP contribution < -0.4 is 0 Å². The monoisotopic (exact) mass is 254 g/mol. The first-order valence-corrected chi connectivity index (χ1v) is 6.55. The Kier molecular flexibility index (Phi) is 6.63. The highest BCUT2D eigenvalue weighted by Gasteiger charge is 2.11. The third-order valence-electron chi connectivity index (χ3n) is 2.59. The highest BCUT2D eigenvalue weighted by atomic mass is 35.5. The molecule has 0 bridgehead atoms. The van der Waals surface area contributed by atoms with Crippen LogP contribution in [0.3, 0.4) is 0 Å². The Morgan fingerprint density at radius 1 is 1.41 bits per heavy atom. The molecule has 94 valence electrons. The van der Waals surface area contributed by atoms with Gasteiger partial charge in [0, 0.05) is 25.0 Å². The molecular weight excluding hydrogens is 236 g/mol. The van der Waals surface area contributed by atoms with E-state index < -0.39 is 0 Å². The summed E-state index contributed by atoms with van der Waals surface area (Å²) in [5.74, 6) is 0.808. The topological polar surface area (TPSA) is 33.2 Å². The zero-order valence-electron chi connectivity index (χ0n) is 10.2. The molecule has 1 heterocycles. The van der Waals surface area contributed by atoms with E-state index in [0.717, 1.165) is 25.1 Å². The predicted octanol–water partition coefficient (Wildman–Crippen LogP) is 2.84. The second-order valence-corrected chi connectivity index (χ2v) is 4.25. The number of unbranched alkanes of at least 4 members (excludes halogenated alkanes) is 1. The van der Waals surface area contributed by atoms with Crippen LogP contribution in [0.4, 0.5) is 0 Å². The SMILES string of the molecule is CCN(Cc1ccccn1)C(=O)CCCCCl. The van der Waals surface area contributed by atoms with Crippen LogP contribution in [0.1, 0.15) is 31.9 Å². The van der Waals surface area contributed by atoms with Gasteiger partial charge in [-0.05, 0) is 31.9 Å². The van der Waals surface area contributed by atoms with E-state index in [1.165, 1.54) is 0 Å². The van der Waals surface area contributed by atoms with Crippen molar-refractivity contribution in [2.24, 2.45) is 0 Å². The lowest BCUT2D eigenvalue weighted by atomic mass is 10.2. The fourth-order valence-corrected chi connectivity index (χ4v) is 1.78. The summed E-state index contributed by atoms with van der Waals surface area (Å²) < 4.78 is 0. The van der Waals surface area contributed by atoms with Crippen LogP contribution >= 0.6 is 11.6 Å². The van der Waals surface area contributed by atoms with Gasteiger partial charge in [0.25, 0.3) is 0 Å². The number of carbonyl (C=O) groups is 1. The highest BCUT2D eigenvalue weighted by Crippen LogP contribution is 2.06. The van der Waals surface area contributed by atoms with E-state index in [1.54, 1.807) is 6.20 Å². The van der Waals surface area contributed by atoms with Gasteiger partial charge in [-0.15, -0.1) is 11.6 Å². The fraction of sp³-hybridized carbons (Fsp3) is 0.538. The largest absolute Gasteiger partial charge is 0.337 e. The first-order chi connectivity index (χ1) is 8.27. The van der Waals surface area contributed by atoms with Gasteiger partial charge in [-0.1, -0.05) is 6.07 Å². The summed E-state index contributed by atoms with van der Waals surface area (Å²) in [6.07, 6.45) is 4.09. The van der Waals surface area contributed by atoms with E-state index in [1.807, 2.05) is 30.0 Å². The molecule has 1 rings (SSSR count). The molecule has 0 radical (unpaired) electrons. The summed E-state index contributed by atoms with van der Waals surface area (Å²) in [5.41, 5.74) is 0.931. The molecule has 3 nitrogen and oxygen atoms in total. The number of carbonyl (C=O) groups excluding carboxylic acids is 1. The van der Waals surface area contributed by atoms with Gasteiger partial charge >= 0.3 is 0 Å². The van der Waals surface area contributed by atoms with Crippen LogP contribution in [-0.2, 0) is 11.3 Å². The lowest BCUT2D eigenvalue weighted by molar-refractivity contribution is -0.131. The molecule has 1 amide bonds. The number of aromatic nitrogens is 1. The van der Waals surface area contributed by atoms with Crippen molar-refractivity contribution in [1.29, 1.82) is 0 Å². The van der Waals surface area contributed by atoms with E-state index in [9.17, 15) is 4.79 Å². The molecule has 0 spiro atoms. The molecule has 0 aromatic carbocycles. The van der Waals surface area contributed by atoms with Crippen molar-refractivity contribution in [3.63, 3.8) is 0 Å². The first-order valence-electron chi connectivity index (χ1n) is 6.01. The van der Waals surface area contributed by atoms with Gasteiger partial charge in [0.05, 0.1) is 12.2 Å². The first kappa shape index (κ1) is 14.0. The summed E-state index contributed by atoms with van der Waals surface area (Å²) in [6, 6.07) is 5.75. The lowest BCUT2D eigenvalue weighted by Crippen LogP contribution is -2.30. The van der Waals surface area contributed by atoms with Gasteiger partial charge in [-0.3, -0.25) is 9.78 Å². The van der Waals surface area contributed by atoms with E-state index >= 15 is 0 Å². The maximum Gasteiger partial charge on any atom is 0.222 e. The zero-order chi connectivity index (χ0) is 12.5. The van der Waals surface area contributed by atoms with E-state index in [2.05, 4.69) is 4.98 Å². The van der Waals surface area contributed by atoms with E-state index in [0.29, 0.717) is 18.8 Å². The molecule has 0 fully saturated rings. The zero-order valence-corrected chi connectivity index (χ0v) is 11.0. The molecule has 17 heavy (non-hydrogen) atoms. The van der Waals surface area contributed by atoms with Crippen molar-refractivity contribution in [1.82, 2.24) is 9.88 Å². The Hall–Kier alpha value is -1.09. The van der Waals surface area contributed by atoms with Gasteiger partial charge in [-0.25, -0.2) is 0 Å². The van der Waals surface area contributed by atoms with E-state index in [-0.39, 0.29) is 5.91 Å². The molecule has 0 saturated carbocycles. The fourth-order valence-electron chi connectivity index (χ4n) is 1.59. The minimum Gasteiger partial charge on any atom is -0.337 e. The Morgan fingerprint density at radius 3 is 2.82 bits per heavy atom. The van der Waals surface area contributed by atoms with Crippen LogP contribution in [0, 0.1) is 0 Å². The minimum absolute atomic E-state index is 0.184. The molecule has 0 aliphatic rings. The Labute approximate surface area is 108 Å². The number of halogens is 1. The average Bonchev–Trinajstić information content (AvgIpc) is 2.37. The maximum absolute atomic E-state index is 11.9. The van der Waals surface area contributed by atoms with Crippen molar-refractivity contribution in [3.05, 3.63) is 30.1 Å². The normalized spacial score (nSPS) is 10.2. The maximum atomic E-state index is 11.9.